The summed E-state index contributed by atoms with van der Waals surface area (Å²) in [5, 5.41) is 0. The summed E-state index contributed by atoms with van der Waals surface area (Å²) in [6, 6.07) is 76.8. The molecule has 54 heavy (non-hydrogen) atoms. The molecule has 8 aromatic rings. The van der Waals surface area contributed by atoms with E-state index in [-0.39, 0.29) is 0 Å². The number of rotatable bonds is 11. The van der Waals surface area contributed by atoms with Crippen LogP contribution in [0.3, 0.4) is 0 Å². The van der Waals surface area contributed by atoms with Gasteiger partial charge in [0.25, 0.3) is 0 Å². The highest BCUT2D eigenvalue weighted by Gasteiger charge is 2.13. The van der Waals surface area contributed by atoms with Crippen LogP contribution < -0.4 is 9.80 Å². The van der Waals surface area contributed by atoms with Gasteiger partial charge in [-0.25, -0.2) is 0 Å². The van der Waals surface area contributed by atoms with Gasteiger partial charge in [-0.1, -0.05) is 170 Å². The molecule has 258 valence electrons. The summed E-state index contributed by atoms with van der Waals surface area (Å²) in [4.78, 5) is 4.57. The molecule has 0 N–H and O–H groups in total. The topological polar surface area (TPSA) is 6.48 Å². The minimum absolute atomic E-state index is 1.12. The molecule has 0 radical (unpaired) electrons. The second-order valence-corrected chi connectivity index (χ2v) is 13.0. The van der Waals surface area contributed by atoms with E-state index in [1.807, 2.05) is 0 Å². The monoisotopic (exact) mass is 692 g/mol. The second kappa shape index (κ2) is 16.5. The van der Waals surface area contributed by atoms with E-state index in [0.29, 0.717) is 0 Å². The lowest BCUT2D eigenvalue weighted by Crippen LogP contribution is -2.09. The largest absolute Gasteiger partial charge is 0.311 e. The molecule has 0 bridgehead atoms. The van der Waals surface area contributed by atoms with E-state index in [0.717, 1.165) is 45.3 Å². The first-order valence-corrected chi connectivity index (χ1v) is 18.4. The average molecular weight is 693 g/mol. The third-order valence-corrected chi connectivity index (χ3v) is 9.48. The minimum Gasteiger partial charge on any atom is -0.311 e. The molecule has 0 atom stereocenters. The van der Waals surface area contributed by atoms with Gasteiger partial charge in [0.05, 0.1) is 0 Å². The van der Waals surface area contributed by atoms with E-state index in [2.05, 4.69) is 252 Å². The molecule has 0 heterocycles. The molecule has 0 fully saturated rings. The number of benzene rings is 8. The normalized spacial score (nSPS) is 11.2. The average Bonchev–Trinajstić information content (AvgIpc) is 3.25. The van der Waals surface area contributed by atoms with Gasteiger partial charge in [0.15, 0.2) is 0 Å². The Morgan fingerprint density at radius 2 is 0.481 bits per heavy atom. The van der Waals surface area contributed by atoms with Crippen LogP contribution in [0.2, 0.25) is 0 Å². The van der Waals surface area contributed by atoms with Crippen LogP contribution in [0, 0.1) is 0 Å². The zero-order valence-corrected chi connectivity index (χ0v) is 30.0. The number of anilines is 6. The van der Waals surface area contributed by atoms with Gasteiger partial charge in [-0.05, 0) is 106 Å². The Morgan fingerprint density at radius 3 is 0.796 bits per heavy atom. The fraction of sp³-hybridized carbons (Fsp3) is 0. The van der Waals surface area contributed by atoms with Gasteiger partial charge >= 0.3 is 0 Å². The summed E-state index contributed by atoms with van der Waals surface area (Å²) in [6.07, 6.45) is 8.85. The van der Waals surface area contributed by atoms with Crippen LogP contribution in [0.25, 0.3) is 35.4 Å². The van der Waals surface area contributed by atoms with Gasteiger partial charge in [0.1, 0.15) is 0 Å². The Hall–Kier alpha value is -7.16. The predicted octanol–water partition coefficient (Wildman–Crippen LogP) is 14.6. The van der Waals surface area contributed by atoms with E-state index in [9.17, 15) is 0 Å². The molecule has 0 spiro atoms. The summed E-state index contributed by atoms with van der Waals surface area (Å²) in [5.74, 6) is 0. The van der Waals surface area contributed by atoms with Crippen LogP contribution in [0.5, 0.6) is 0 Å². The highest BCUT2D eigenvalue weighted by atomic mass is 15.1. The Labute approximate surface area is 318 Å². The van der Waals surface area contributed by atoms with E-state index in [1.54, 1.807) is 0 Å². The van der Waals surface area contributed by atoms with Crippen molar-refractivity contribution in [2.75, 3.05) is 9.80 Å². The molecule has 8 aromatic carbocycles. The maximum Gasteiger partial charge on any atom is 0.0462 e. The maximum absolute atomic E-state index is 2.28. The van der Waals surface area contributed by atoms with Crippen molar-refractivity contribution in [1.82, 2.24) is 0 Å². The van der Waals surface area contributed by atoms with Gasteiger partial charge in [0, 0.05) is 34.1 Å². The van der Waals surface area contributed by atoms with Crippen LogP contribution in [0.1, 0.15) is 22.3 Å². The third-order valence-electron chi connectivity index (χ3n) is 9.48. The molecule has 0 aliphatic carbocycles. The van der Waals surface area contributed by atoms with Crippen molar-refractivity contribution in [3.63, 3.8) is 0 Å². The molecule has 8 rings (SSSR count). The summed E-state index contributed by atoms with van der Waals surface area (Å²) in [6.45, 7) is 0. The maximum atomic E-state index is 2.28. The van der Waals surface area contributed by atoms with E-state index < -0.39 is 0 Å². The molecular formula is C52H40N2. The lowest BCUT2D eigenvalue weighted by atomic mass is 9.94. The Kier molecular flexibility index (Phi) is 10.3. The summed E-state index contributed by atoms with van der Waals surface area (Å²) in [7, 11) is 0. The van der Waals surface area contributed by atoms with Crippen molar-refractivity contribution < 1.29 is 0 Å². The van der Waals surface area contributed by atoms with Crippen molar-refractivity contribution in [2.24, 2.45) is 0 Å². The summed E-state index contributed by atoms with van der Waals surface area (Å²) < 4.78 is 0. The van der Waals surface area contributed by atoms with Crippen LogP contribution in [-0.4, -0.2) is 0 Å². The van der Waals surface area contributed by atoms with Crippen molar-refractivity contribution in [1.29, 1.82) is 0 Å². The van der Waals surface area contributed by atoms with Crippen molar-refractivity contribution in [3.05, 3.63) is 241 Å². The van der Waals surface area contributed by atoms with Crippen molar-refractivity contribution >= 4 is 58.4 Å². The van der Waals surface area contributed by atoms with Gasteiger partial charge in [-0.2, -0.15) is 0 Å². The van der Waals surface area contributed by atoms with Crippen LogP contribution in [-0.2, 0) is 0 Å². The number of hydrogen-bond donors (Lipinski definition) is 0. The smallest absolute Gasteiger partial charge is 0.0462 e. The minimum atomic E-state index is 1.12. The number of nitrogens with zero attached hydrogens (tertiary/aromatic N) is 2. The van der Waals surface area contributed by atoms with Crippen LogP contribution >= 0.6 is 0 Å². The first-order valence-electron chi connectivity index (χ1n) is 18.4. The number of para-hydroxylation sites is 4. The predicted molar refractivity (Wildman–Crippen MR) is 232 cm³/mol. The summed E-state index contributed by atoms with van der Waals surface area (Å²) in [5.41, 5.74) is 13.8. The van der Waals surface area contributed by atoms with Crippen molar-refractivity contribution in [2.45, 2.75) is 0 Å². The highest BCUT2D eigenvalue weighted by molar-refractivity contribution is 5.88. The highest BCUT2D eigenvalue weighted by Crippen LogP contribution is 2.36. The third kappa shape index (κ3) is 7.84. The number of hydrogen-bond acceptors (Lipinski definition) is 2. The molecule has 0 aliphatic heterocycles. The van der Waals surface area contributed by atoms with Crippen LogP contribution in [0.15, 0.2) is 218 Å². The first-order chi connectivity index (χ1) is 26.8. The molecule has 0 amide bonds. The molecule has 0 saturated heterocycles. The quantitative estimate of drug-likeness (QED) is 0.125. The Balaban J connectivity index is 1.03. The van der Waals surface area contributed by atoms with Gasteiger partial charge in [-0.3, -0.25) is 0 Å². The molecular weight excluding hydrogens is 653 g/mol. The molecule has 2 heteroatoms. The van der Waals surface area contributed by atoms with Gasteiger partial charge in [0.2, 0.25) is 0 Å². The molecule has 0 saturated carbocycles. The zero-order valence-electron chi connectivity index (χ0n) is 30.0. The molecule has 0 aromatic heterocycles. The zero-order chi connectivity index (χ0) is 36.4. The Morgan fingerprint density at radius 1 is 0.222 bits per heavy atom. The van der Waals surface area contributed by atoms with Gasteiger partial charge in [-0.15, -0.1) is 0 Å². The van der Waals surface area contributed by atoms with E-state index >= 15 is 0 Å². The lowest BCUT2D eigenvalue weighted by Gasteiger charge is -2.25. The SMILES string of the molecule is C(=C\c1ccccc1-c1ccccc1/C=C/c1ccc(N(c2ccccc2)c2ccccc2)cc1)/c1ccc(N(c2ccccc2)c2ccccc2)cc1. The fourth-order valence-electron chi connectivity index (χ4n) is 6.82. The second-order valence-electron chi connectivity index (χ2n) is 13.0. The van der Waals surface area contributed by atoms with Crippen LogP contribution in [0.4, 0.5) is 34.1 Å². The van der Waals surface area contributed by atoms with Crippen molar-refractivity contribution in [3.8, 4) is 11.1 Å². The van der Waals surface area contributed by atoms with E-state index in [4.69, 9.17) is 0 Å². The lowest BCUT2D eigenvalue weighted by molar-refractivity contribution is 1.28. The van der Waals surface area contributed by atoms with Gasteiger partial charge < -0.3 is 9.80 Å². The standard InChI is InChI=1S/C52H40N2/c1-5-19-45(20-6-1)53(46-21-7-2-8-22-46)49-37-31-41(32-38-49)29-35-43-17-13-15-27-51(43)52-28-16-14-18-44(52)36-30-42-33-39-50(40-34-42)54(47-23-9-3-10-24-47)48-25-11-4-12-26-48/h1-40H/b35-29+,36-30+. The first kappa shape index (κ1) is 34.0. The molecule has 2 nitrogen and oxygen atoms in total. The fourth-order valence-corrected chi connectivity index (χ4v) is 6.82. The van der Waals surface area contributed by atoms with E-state index in [1.165, 1.54) is 22.3 Å². The molecule has 0 unspecified atom stereocenters. The Bertz CT molecular complexity index is 2200. The molecule has 0 aliphatic rings. The summed E-state index contributed by atoms with van der Waals surface area (Å²) >= 11 is 0.